The number of nitrogens with zero attached hydrogens (tertiary/aromatic N) is 1. The van der Waals surface area contributed by atoms with Crippen LogP contribution in [0.4, 0.5) is 9.18 Å². The SMILES string of the molecule is CC(C)C[C@H](NC(=O)CCC1CCCCN1C(=O)O)C(=O)NCCCCNS(=O)(=O)c1ccc(F)cc1Cl. The standard InChI is InChI=1S/C25H38ClFN4O6S/c1-17(2)15-21(30-23(32)11-9-19-7-3-6-14-31(19)25(34)35)24(33)28-12-4-5-13-29-38(36,37)22-10-8-18(27)16-20(22)26/h8,10,16-17,19,21,29H,3-7,9,11-15H2,1-2H3,(H,28,33)(H,30,32)(H,34,35)/t19?,21-/m0/s1. The molecule has 0 saturated carbocycles. The van der Waals surface area contributed by atoms with E-state index >= 15 is 0 Å². The first-order chi connectivity index (χ1) is 17.9. The highest BCUT2D eigenvalue weighted by Crippen LogP contribution is 2.22. The number of piperidine rings is 1. The average Bonchev–Trinajstić information content (AvgIpc) is 2.83. The first-order valence-electron chi connectivity index (χ1n) is 12.9. The predicted molar refractivity (Wildman–Crippen MR) is 142 cm³/mol. The largest absolute Gasteiger partial charge is 0.465 e. The molecule has 0 aromatic heterocycles. The highest BCUT2D eigenvalue weighted by molar-refractivity contribution is 7.89. The summed E-state index contributed by atoms with van der Waals surface area (Å²) < 4.78 is 40.3. The summed E-state index contributed by atoms with van der Waals surface area (Å²) in [4.78, 5) is 37.9. The van der Waals surface area contributed by atoms with Crippen molar-refractivity contribution in [2.45, 2.75) is 82.2 Å². The quantitative estimate of drug-likeness (QED) is 0.249. The Kier molecular flexibility index (Phi) is 12.7. The summed E-state index contributed by atoms with van der Waals surface area (Å²) in [5, 5.41) is 14.7. The summed E-state index contributed by atoms with van der Waals surface area (Å²) in [6, 6.07) is 2.13. The second-order valence-corrected chi connectivity index (χ2v) is 12.0. The maximum absolute atomic E-state index is 13.2. The van der Waals surface area contributed by atoms with Crippen LogP contribution in [0.3, 0.4) is 0 Å². The fraction of sp³-hybridized carbons (Fsp3) is 0.640. The number of sulfonamides is 1. The highest BCUT2D eigenvalue weighted by Gasteiger charge is 2.28. The van der Waals surface area contributed by atoms with Crippen molar-refractivity contribution in [1.29, 1.82) is 0 Å². The molecule has 10 nitrogen and oxygen atoms in total. The third kappa shape index (κ3) is 10.4. The van der Waals surface area contributed by atoms with E-state index in [1.165, 1.54) is 4.90 Å². The van der Waals surface area contributed by atoms with E-state index < -0.39 is 28.0 Å². The number of rotatable bonds is 14. The summed E-state index contributed by atoms with van der Waals surface area (Å²) in [6.45, 7) is 4.75. The minimum absolute atomic E-state index is 0.104. The van der Waals surface area contributed by atoms with Crippen LogP contribution in [0.15, 0.2) is 23.1 Å². The second-order valence-electron chi connectivity index (χ2n) is 9.88. The Labute approximate surface area is 228 Å². The third-order valence-corrected chi connectivity index (χ3v) is 8.26. The smallest absolute Gasteiger partial charge is 0.407 e. The highest BCUT2D eigenvalue weighted by atomic mass is 35.5. The van der Waals surface area contributed by atoms with Gasteiger partial charge in [-0.3, -0.25) is 9.59 Å². The molecule has 1 saturated heterocycles. The lowest BCUT2D eigenvalue weighted by atomic mass is 9.98. The van der Waals surface area contributed by atoms with Crippen LogP contribution in [0, 0.1) is 11.7 Å². The van der Waals surface area contributed by atoms with E-state index in [-0.39, 0.29) is 53.2 Å². The van der Waals surface area contributed by atoms with Crippen LogP contribution in [0.5, 0.6) is 0 Å². The first-order valence-corrected chi connectivity index (χ1v) is 14.8. The molecule has 2 atom stereocenters. The molecule has 214 valence electrons. The Morgan fingerprint density at radius 1 is 1.18 bits per heavy atom. The van der Waals surface area contributed by atoms with Gasteiger partial charge < -0.3 is 20.6 Å². The average molecular weight is 577 g/mol. The second kappa shape index (κ2) is 15.2. The van der Waals surface area contributed by atoms with Gasteiger partial charge in [0.1, 0.15) is 16.8 Å². The Morgan fingerprint density at radius 2 is 1.89 bits per heavy atom. The normalized spacial score (nSPS) is 16.8. The zero-order chi connectivity index (χ0) is 28.3. The lowest BCUT2D eigenvalue weighted by molar-refractivity contribution is -0.129. The number of benzene rings is 1. The van der Waals surface area contributed by atoms with Crippen molar-refractivity contribution >= 4 is 39.5 Å². The molecule has 38 heavy (non-hydrogen) atoms. The summed E-state index contributed by atoms with van der Waals surface area (Å²) in [5.41, 5.74) is 0. The third-order valence-electron chi connectivity index (χ3n) is 6.31. The van der Waals surface area contributed by atoms with Gasteiger partial charge in [-0.2, -0.15) is 0 Å². The van der Waals surface area contributed by atoms with Gasteiger partial charge in [0.25, 0.3) is 0 Å². The lowest BCUT2D eigenvalue weighted by Gasteiger charge is -2.33. The lowest BCUT2D eigenvalue weighted by Crippen LogP contribution is -2.48. The maximum atomic E-state index is 13.2. The van der Waals surface area contributed by atoms with Gasteiger partial charge in [-0.25, -0.2) is 22.3 Å². The first kappa shape index (κ1) is 31.8. The molecule has 0 spiro atoms. The molecule has 4 N–H and O–H groups in total. The van der Waals surface area contributed by atoms with E-state index in [0.29, 0.717) is 32.2 Å². The van der Waals surface area contributed by atoms with E-state index in [4.69, 9.17) is 11.6 Å². The Balaban J connectivity index is 1.76. The van der Waals surface area contributed by atoms with E-state index in [1.54, 1.807) is 0 Å². The van der Waals surface area contributed by atoms with Crippen LogP contribution in [-0.2, 0) is 19.6 Å². The van der Waals surface area contributed by atoms with Crippen molar-refractivity contribution < 1.29 is 32.3 Å². The van der Waals surface area contributed by atoms with Crippen molar-refractivity contribution in [3.05, 3.63) is 29.0 Å². The van der Waals surface area contributed by atoms with Crippen molar-refractivity contribution in [3.8, 4) is 0 Å². The van der Waals surface area contributed by atoms with Crippen LogP contribution in [0.25, 0.3) is 0 Å². The van der Waals surface area contributed by atoms with Gasteiger partial charge in [0.15, 0.2) is 0 Å². The Morgan fingerprint density at radius 3 is 2.55 bits per heavy atom. The predicted octanol–water partition coefficient (Wildman–Crippen LogP) is 3.50. The number of amides is 3. The number of hydrogen-bond acceptors (Lipinski definition) is 5. The molecule has 1 aliphatic heterocycles. The van der Waals surface area contributed by atoms with Gasteiger partial charge in [-0.1, -0.05) is 25.4 Å². The number of hydrogen-bond donors (Lipinski definition) is 4. The van der Waals surface area contributed by atoms with Crippen molar-refractivity contribution in [1.82, 2.24) is 20.3 Å². The molecule has 0 bridgehead atoms. The van der Waals surface area contributed by atoms with E-state index in [0.717, 1.165) is 37.5 Å². The van der Waals surface area contributed by atoms with Gasteiger partial charge >= 0.3 is 6.09 Å². The topological polar surface area (TPSA) is 145 Å². The minimum Gasteiger partial charge on any atom is -0.465 e. The Bertz CT molecular complexity index is 1070. The van der Waals surface area contributed by atoms with Gasteiger partial charge in [-0.15, -0.1) is 0 Å². The summed E-state index contributed by atoms with van der Waals surface area (Å²) in [5.74, 6) is -1.10. The van der Waals surface area contributed by atoms with E-state index in [2.05, 4.69) is 15.4 Å². The number of likely N-dealkylation sites (tertiary alicyclic amines) is 1. The van der Waals surface area contributed by atoms with Crippen LogP contribution in [-0.4, -0.2) is 68.0 Å². The molecule has 1 aromatic rings. The van der Waals surface area contributed by atoms with Crippen molar-refractivity contribution in [2.75, 3.05) is 19.6 Å². The van der Waals surface area contributed by atoms with E-state index in [1.807, 2.05) is 13.8 Å². The van der Waals surface area contributed by atoms with Crippen LogP contribution >= 0.6 is 11.6 Å². The minimum atomic E-state index is -3.89. The fourth-order valence-electron chi connectivity index (χ4n) is 4.38. The monoisotopic (exact) mass is 576 g/mol. The van der Waals surface area contributed by atoms with E-state index in [9.17, 15) is 32.3 Å². The van der Waals surface area contributed by atoms with Crippen molar-refractivity contribution in [3.63, 3.8) is 0 Å². The number of unbranched alkanes of at least 4 members (excludes halogenated alkanes) is 1. The molecule has 2 rings (SSSR count). The molecule has 0 radical (unpaired) electrons. The molecule has 3 amide bonds. The van der Waals surface area contributed by atoms with Crippen molar-refractivity contribution in [2.24, 2.45) is 5.92 Å². The van der Waals surface area contributed by atoms with Gasteiger partial charge in [0.05, 0.1) is 5.02 Å². The molecular weight excluding hydrogens is 539 g/mol. The number of nitrogens with one attached hydrogen (secondary N) is 3. The molecule has 1 unspecified atom stereocenters. The van der Waals surface area contributed by atoms with Gasteiger partial charge in [0, 0.05) is 32.1 Å². The van der Waals surface area contributed by atoms with Gasteiger partial charge in [-0.05, 0) is 69.1 Å². The number of carbonyl (C=O) groups excluding carboxylic acids is 2. The molecule has 0 aliphatic carbocycles. The van der Waals surface area contributed by atoms with Crippen LogP contribution in [0.2, 0.25) is 5.02 Å². The molecule has 1 heterocycles. The fourth-order valence-corrected chi connectivity index (χ4v) is 5.99. The molecule has 1 fully saturated rings. The molecular formula is C25H38ClFN4O6S. The maximum Gasteiger partial charge on any atom is 0.407 e. The Hall–Kier alpha value is -2.44. The van der Waals surface area contributed by atoms with Gasteiger partial charge in [0.2, 0.25) is 21.8 Å². The number of carboxylic acid groups (broad SMARTS) is 1. The van der Waals surface area contributed by atoms with Crippen LogP contribution < -0.4 is 15.4 Å². The molecule has 13 heteroatoms. The summed E-state index contributed by atoms with van der Waals surface area (Å²) in [6.07, 6.45) is 3.40. The molecule has 1 aromatic carbocycles. The summed E-state index contributed by atoms with van der Waals surface area (Å²) in [7, 11) is -3.89. The summed E-state index contributed by atoms with van der Waals surface area (Å²) >= 11 is 5.83. The number of halogens is 2. The number of carbonyl (C=O) groups is 3. The molecule has 1 aliphatic rings. The zero-order valence-corrected chi connectivity index (χ0v) is 23.4. The van der Waals surface area contributed by atoms with Crippen LogP contribution in [0.1, 0.15) is 65.2 Å². The zero-order valence-electron chi connectivity index (χ0n) is 21.8.